The van der Waals surface area contributed by atoms with Gasteiger partial charge >= 0.3 is 5.97 Å². The molecule has 0 radical (unpaired) electrons. The van der Waals surface area contributed by atoms with E-state index >= 15 is 0 Å². The largest absolute Gasteiger partial charge is 0.481 e. The van der Waals surface area contributed by atoms with Gasteiger partial charge in [-0.05, 0) is 37.0 Å². The standard InChI is InChI=1S/C12H16N2O2S/c15-10(16)5-9-6-17-11(14-9)13-7-12(3-4-12)8-1-2-8/h6,8H,1-5,7H2,(H,13,14)(H,15,16). The molecule has 0 unspecified atom stereocenters. The number of aromatic nitrogens is 1. The number of rotatable bonds is 6. The molecule has 2 fully saturated rings. The Hall–Kier alpha value is -1.10. The van der Waals surface area contributed by atoms with Crippen LogP contribution in [0.2, 0.25) is 0 Å². The number of anilines is 1. The van der Waals surface area contributed by atoms with E-state index in [1.54, 1.807) is 0 Å². The van der Waals surface area contributed by atoms with Gasteiger partial charge in [0.2, 0.25) is 0 Å². The summed E-state index contributed by atoms with van der Waals surface area (Å²) in [5.74, 6) is 0.118. The normalized spacial score (nSPS) is 21.2. The van der Waals surface area contributed by atoms with Gasteiger partial charge < -0.3 is 10.4 Å². The number of hydrogen-bond donors (Lipinski definition) is 2. The Morgan fingerprint density at radius 1 is 1.59 bits per heavy atom. The molecule has 1 heterocycles. The number of nitrogens with one attached hydrogen (secondary N) is 1. The molecule has 17 heavy (non-hydrogen) atoms. The third-order valence-corrected chi connectivity index (χ3v) is 4.66. The molecule has 2 saturated carbocycles. The van der Waals surface area contributed by atoms with Crippen molar-refractivity contribution in [2.24, 2.45) is 11.3 Å². The van der Waals surface area contributed by atoms with Crippen molar-refractivity contribution in [3.8, 4) is 0 Å². The maximum absolute atomic E-state index is 10.5. The summed E-state index contributed by atoms with van der Waals surface area (Å²) in [4.78, 5) is 14.8. The highest BCUT2D eigenvalue weighted by Gasteiger charge is 2.53. The zero-order valence-electron chi connectivity index (χ0n) is 9.61. The monoisotopic (exact) mass is 252 g/mol. The number of carboxylic acids is 1. The van der Waals surface area contributed by atoms with Crippen molar-refractivity contribution in [3.05, 3.63) is 11.1 Å². The first-order chi connectivity index (χ1) is 8.18. The molecule has 2 aliphatic rings. The predicted molar refractivity (Wildman–Crippen MR) is 66.3 cm³/mol. The summed E-state index contributed by atoms with van der Waals surface area (Å²) in [5.41, 5.74) is 1.21. The lowest BCUT2D eigenvalue weighted by Crippen LogP contribution is -2.17. The van der Waals surface area contributed by atoms with Crippen molar-refractivity contribution in [2.75, 3.05) is 11.9 Å². The molecule has 0 amide bonds. The van der Waals surface area contributed by atoms with Crippen molar-refractivity contribution in [3.63, 3.8) is 0 Å². The van der Waals surface area contributed by atoms with Gasteiger partial charge in [-0.15, -0.1) is 11.3 Å². The molecule has 4 nitrogen and oxygen atoms in total. The Morgan fingerprint density at radius 3 is 2.94 bits per heavy atom. The molecule has 1 aromatic heterocycles. The molecular formula is C12H16N2O2S. The first-order valence-electron chi connectivity index (χ1n) is 6.08. The van der Waals surface area contributed by atoms with Crippen molar-refractivity contribution < 1.29 is 9.90 Å². The van der Waals surface area contributed by atoms with Crippen LogP contribution in [0.1, 0.15) is 31.4 Å². The van der Waals surface area contributed by atoms with Crippen LogP contribution in [-0.2, 0) is 11.2 Å². The van der Waals surface area contributed by atoms with E-state index in [1.165, 1.54) is 37.0 Å². The summed E-state index contributed by atoms with van der Waals surface area (Å²) in [7, 11) is 0. The van der Waals surface area contributed by atoms with Crippen molar-refractivity contribution >= 4 is 22.4 Å². The number of aliphatic carboxylic acids is 1. The summed E-state index contributed by atoms with van der Waals surface area (Å²) >= 11 is 1.51. The van der Waals surface area contributed by atoms with Crippen LogP contribution in [0.5, 0.6) is 0 Å². The van der Waals surface area contributed by atoms with Gasteiger partial charge in [-0.3, -0.25) is 4.79 Å². The number of carbonyl (C=O) groups is 1. The molecule has 0 bridgehead atoms. The second kappa shape index (κ2) is 3.98. The van der Waals surface area contributed by atoms with E-state index < -0.39 is 5.97 Å². The van der Waals surface area contributed by atoms with Gasteiger partial charge in [0.05, 0.1) is 12.1 Å². The Morgan fingerprint density at radius 2 is 2.35 bits per heavy atom. The third kappa shape index (κ3) is 2.44. The quantitative estimate of drug-likeness (QED) is 0.816. The van der Waals surface area contributed by atoms with Crippen LogP contribution in [0, 0.1) is 11.3 Å². The Balaban J connectivity index is 1.54. The molecule has 0 atom stereocenters. The Labute approximate surface area is 104 Å². The van der Waals surface area contributed by atoms with E-state index in [-0.39, 0.29) is 6.42 Å². The fraction of sp³-hybridized carbons (Fsp3) is 0.667. The first kappa shape index (κ1) is 11.0. The molecule has 2 aliphatic carbocycles. The molecule has 92 valence electrons. The van der Waals surface area contributed by atoms with Crippen LogP contribution in [-0.4, -0.2) is 22.6 Å². The maximum atomic E-state index is 10.5. The fourth-order valence-corrected chi connectivity index (χ4v) is 3.17. The molecule has 2 N–H and O–H groups in total. The molecule has 3 rings (SSSR count). The number of nitrogens with zero attached hydrogens (tertiary/aromatic N) is 1. The van der Waals surface area contributed by atoms with Crippen LogP contribution in [0.4, 0.5) is 5.13 Å². The second-order valence-electron chi connectivity index (χ2n) is 5.20. The zero-order valence-corrected chi connectivity index (χ0v) is 10.4. The lowest BCUT2D eigenvalue weighted by molar-refractivity contribution is -0.136. The Kier molecular flexibility index (Phi) is 2.58. The van der Waals surface area contributed by atoms with Crippen LogP contribution in [0.25, 0.3) is 0 Å². The summed E-state index contributed by atoms with van der Waals surface area (Å²) in [6, 6.07) is 0. The van der Waals surface area contributed by atoms with E-state index in [2.05, 4.69) is 10.3 Å². The summed E-state index contributed by atoms with van der Waals surface area (Å²) in [5, 5.41) is 14.7. The van der Waals surface area contributed by atoms with E-state index in [1.807, 2.05) is 5.38 Å². The summed E-state index contributed by atoms with van der Waals surface area (Å²) in [6.07, 6.45) is 5.50. The smallest absolute Gasteiger partial charge is 0.309 e. The minimum Gasteiger partial charge on any atom is -0.481 e. The van der Waals surface area contributed by atoms with Crippen LogP contribution < -0.4 is 5.32 Å². The molecule has 0 spiro atoms. The highest BCUT2D eigenvalue weighted by atomic mass is 32.1. The van der Waals surface area contributed by atoms with Crippen LogP contribution in [0.3, 0.4) is 0 Å². The fourth-order valence-electron chi connectivity index (χ4n) is 2.46. The second-order valence-corrected chi connectivity index (χ2v) is 6.06. The maximum Gasteiger partial charge on any atom is 0.309 e. The molecule has 0 aromatic carbocycles. The van der Waals surface area contributed by atoms with E-state index in [9.17, 15) is 4.79 Å². The van der Waals surface area contributed by atoms with E-state index in [0.717, 1.165) is 17.6 Å². The number of carboxylic acid groups (broad SMARTS) is 1. The lowest BCUT2D eigenvalue weighted by Gasteiger charge is -2.13. The molecule has 0 aliphatic heterocycles. The van der Waals surface area contributed by atoms with Crippen molar-refractivity contribution in [1.82, 2.24) is 4.98 Å². The topological polar surface area (TPSA) is 62.2 Å². The van der Waals surface area contributed by atoms with E-state index in [4.69, 9.17) is 5.11 Å². The lowest BCUT2D eigenvalue weighted by atomic mass is 10.0. The van der Waals surface area contributed by atoms with E-state index in [0.29, 0.717) is 11.1 Å². The summed E-state index contributed by atoms with van der Waals surface area (Å²) in [6.45, 7) is 1.01. The highest BCUT2D eigenvalue weighted by Crippen LogP contribution is 2.61. The van der Waals surface area contributed by atoms with Gasteiger partial charge in [0.15, 0.2) is 5.13 Å². The average molecular weight is 252 g/mol. The van der Waals surface area contributed by atoms with Crippen molar-refractivity contribution in [2.45, 2.75) is 32.1 Å². The van der Waals surface area contributed by atoms with Gasteiger partial charge in [-0.2, -0.15) is 0 Å². The van der Waals surface area contributed by atoms with Gasteiger partial charge in [0.1, 0.15) is 0 Å². The third-order valence-electron chi connectivity index (χ3n) is 3.81. The van der Waals surface area contributed by atoms with Gasteiger partial charge in [-0.1, -0.05) is 0 Å². The molecule has 5 heteroatoms. The van der Waals surface area contributed by atoms with Gasteiger partial charge in [0, 0.05) is 11.9 Å². The first-order valence-corrected chi connectivity index (χ1v) is 6.96. The van der Waals surface area contributed by atoms with Gasteiger partial charge in [-0.25, -0.2) is 4.98 Å². The summed E-state index contributed by atoms with van der Waals surface area (Å²) < 4.78 is 0. The minimum atomic E-state index is -0.821. The molecule has 1 aromatic rings. The van der Waals surface area contributed by atoms with Gasteiger partial charge in [0.25, 0.3) is 0 Å². The molecule has 0 saturated heterocycles. The minimum absolute atomic E-state index is 0.0198. The number of thiazole rings is 1. The SMILES string of the molecule is O=C(O)Cc1csc(NCC2(C3CC3)CC2)n1. The highest BCUT2D eigenvalue weighted by molar-refractivity contribution is 7.13. The molecular weight excluding hydrogens is 236 g/mol. The Bertz CT molecular complexity index is 435. The number of hydrogen-bond acceptors (Lipinski definition) is 4. The predicted octanol–water partition coefficient (Wildman–Crippen LogP) is 2.37. The average Bonchev–Trinajstić information content (AvgIpc) is 3.15. The zero-order chi connectivity index (χ0) is 11.9. The van der Waals surface area contributed by atoms with Crippen LogP contribution in [0.15, 0.2) is 5.38 Å². The van der Waals surface area contributed by atoms with Crippen molar-refractivity contribution in [1.29, 1.82) is 0 Å². The van der Waals surface area contributed by atoms with Crippen LogP contribution >= 0.6 is 11.3 Å².